The number of carbonyl (C=O) groups is 4. The molecule has 2 atom stereocenters. The van der Waals surface area contributed by atoms with Crippen LogP contribution in [0.2, 0.25) is 0 Å². The Balaban J connectivity index is 1.52. The number of hydrogen-bond donors (Lipinski definition) is 3. The predicted molar refractivity (Wildman–Crippen MR) is 167 cm³/mol. The van der Waals surface area contributed by atoms with Crippen LogP contribution in [0.1, 0.15) is 69.2 Å². The lowest BCUT2D eigenvalue weighted by molar-refractivity contribution is -0.132. The first-order chi connectivity index (χ1) is 21.7. The maximum absolute atomic E-state index is 13.8. The van der Waals surface area contributed by atoms with Crippen molar-refractivity contribution in [3.05, 3.63) is 66.0 Å². The van der Waals surface area contributed by atoms with Gasteiger partial charge in [-0.2, -0.15) is 10.2 Å². The summed E-state index contributed by atoms with van der Waals surface area (Å²) in [6, 6.07) is 10.00. The van der Waals surface area contributed by atoms with Gasteiger partial charge in [0, 0.05) is 57.8 Å². The monoisotopic (exact) mass is 619 g/mol. The predicted octanol–water partition coefficient (Wildman–Crippen LogP) is 1.93. The molecule has 4 rings (SSSR count). The Hall–Kier alpha value is -4.55. The molecule has 242 valence electrons. The van der Waals surface area contributed by atoms with Crippen LogP contribution in [0.25, 0.3) is 0 Å². The van der Waals surface area contributed by atoms with E-state index in [1.54, 1.807) is 22.7 Å². The minimum absolute atomic E-state index is 0.00733. The SMILES string of the molecule is Cc1nc2n(n1)CC(=O)NCCCN(C(=O)CCCn1cccn1)CCCC(=O)N[C@H](Cc1ccccc1)C(=O)N[C@H]2C(C)C. The Morgan fingerprint density at radius 2 is 1.80 bits per heavy atom. The van der Waals surface area contributed by atoms with Crippen molar-refractivity contribution < 1.29 is 19.2 Å². The Kier molecular flexibility index (Phi) is 12.2. The average Bonchev–Trinajstić information content (AvgIpc) is 3.65. The van der Waals surface area contributed by atoms with Gasteiger partial charge in [-0.3, -0.25) is 23.9 Å². The molecule has 3 N–H and O–H groups in total. The van der Waals surface area contributed by atoms with Gasteiger partial charge in [-0.15, -0.1) is 0 Å². The molecule has 13 heteroatoms. The number of benzene rings is 1. The van der Waals surface area contributed by atoms with Crippen LogP contribution in [0.4, 0.5) is 0 Å². The molecule has 0 radical (unpaired) electrons. The highest BCUT2D eigenvalue weighted by atomic mass is 16.2. The average molecular weight is 620 g/mol. The zero-order chi connectivity index (χ0) is 32.2. The summed E-state index contributed by atoms with van der Waals surface area (Å²) in [6.07, 6.45) is 6.03. The van der Waals surface area contributed by atoms with Crippen molar-refractivity contribution in [2.75, 3.05) is 19.6 Å². The molecule has 2 aromatic heterocycles. The maximum Gasteiger partial charge on any atom is 0.243 e. The van der Waals surface area contributed by atoms with Crippen LogP contribution in [0.5, 0.6) is 0 Å². The van der Waals surface area contributed by atoms with Crippen LogP contribution in [0, 0.1) is 12.8 Å². The lowest BCUT2D eigenvalue weighted by Crippen LogP contribution is -2.50. The fourth-order valence-corrected chi connectivity index (χ4v) is 5.39. The second-order valence-electron chi connectivity index (χ2n) is 11.8. The Morgan fingerprint density at radius 1 is 1.02 bits per heavy atom. The molecule has 1 aliphatic rings. The third-order valence-corrected chi connectivity index (χ3v) is 7.73. The van der Waals surface area contributed by atoms with E-state index in [1.807, 2.05) is 56.4 Å². The van der Waals surface area contributed by atoms with Crippen molar-refractivity contribution in [1.82, 2.24) is 45.4 Å². The fourth-order valence-electron chi connectivity index (χ4n) is 5.39. The van der Waals surface area contributed by atoms with Crippen LogP contribution in [0.15, 0.2) is 48.8 Å². The molecule has 0 bridgehead atoms. The quantitative estimate of drug-likeness (QED) is 0.365. The number of aromatic nitrogens is 5. The smallest absolute Gasteiger partial charge is 0.243 e. The number of carbonyl (C=O) groups excluding carboxylic acids is 4. The topological polar surface area (TPSA) is 156 Å². The largest absolute Gasteiger partial charge is 0.354 e. The van der Waals surface area contributed by atoms with Gasteiger partial charge in [0.15, 0.2) is 5.82 Å². The number of nitrogens with zero attached hydrogens (tertiary/aromatic N) is 6. The zero-order valence-corrected chi connectivity index (χ0v) is 26.4. The summed E-state index contributed by atoms with van der Waals surface area (Å²) in [5.74, 6) is 0.0436. The minimum atomic E-state index is -0.833. The summed E-state index contributed by atoms with van der Waals surface area (Å²) in [5.41, 5.74) is 0.906. The molecule has 0 unspecified atom stereocenters. The third-order valence-electron chi connectivity index (χ3n) is 7.73. The first kappa shape index (κ1) is 33.3. The van der Waals surface area contributed by atoms with E-state index in [0.29, 0.717) is 69.9 Å². The van der Waals surface area contributed by atoms with Crippen LogP contribution < -0.4 is 16.0 Å². The summed E-state index contributed by atoms with van der Waals surface area (Å²) in [5, 5.41) is 17.6. The van der Waals surface area contributed by atoms with Gasteiger partial charge in [0.1, 0.15) is 18.4 Å². The number of aryl methyl sites for hydroxylation is 2. The van der Waals surface area contributed by atoms with Gasteiger partial charge in [-0.25, -0.2) is 9.67 Å². The van der Waals surface area contributed by atoms with Gasteiger partial charge < -0.3 is 20.9 Å². The Morgan fingerprint density at radius 3 is 2.53 bits per heavy atom. The van der Waals surface area contributed by atoms with Crippen molar-refractivity contribution >= 4 is 23.6 Å². The van der Waals surface area contributed by atoms with E-state index in [4.69, 9.17) is 0 Å². The fraction of sp³-hybridized carbons (Fsp3) is 0.531. The third kappa shape index (κ3) is 10.3. The molecular weight excluding hydrogens is 574 g/mol. The zero-order valence-electron chi connectivity index (χ0n) is 26.4. The molecule has 0 saturated heterocycles. The van der Waals surface area contributed by atoms with E-state index in [0.717, 1.165) is 5.56 Å². The summed E-state index contributed by atoms with van der Waals surface area (Å²) < 4.78 is 3.32. The van der Waals surface area contributed by atoms with Crippen LogP contribution >= 0.6 is 0 Å². The van der Waals surface area contributed by atoms with Crippen LogP contribution in [-0.4, -0.2) is 78.7 Å². The number of rotatable bonds is 7. The number of hydrogen-bond acceptors (Lipinski definition) is 7. The van der Waals surface area contributed by atoms with Crippen molar-refractivity contribution in [2.45, 2.75) is 84.5 Å². The highest BCUT2D eigenvalue weighted by molar-refractivity contribution is 5.88. The lowest BCUT2D eigenvalue weighted by atomic mass is 10.0. The number of fused-ring (bicyclic) bond motifs is 1. The molecule has 1 aliphatic heterocycles. The molecule has 3 aromatic rings. The highest BCUT2D eigenvalue weighted by Gasteiger charge is 2.30. The molecule has 0 fully saturated rings. The second kappa shape index (κ2) is 16.5. The molecule has 13 nitrogen and oxygen atoms in total. The van der Waals surface area contributed by atoms with Gasteiger partial charge >= 0.3 is 0 Å². The van der Waals surface area contributed by atoms with Crippen molar-refractivity contribution in [3.8, 4) is 0 Å². The van der Waals surface area contributed by atoms with E-state index < -0.39 is 12.1 Å². The van der Waals surface area contributed by atoms with Gasteiger partial charge in [0.25, 0.3) is 0 Å². The van der Waals surface area contributed by atoms with E-state index in [2.05, 4.69) is 31.1 Å². The second-order valence-corrected chi connectivity index (χ2v) is 11.8. The highest BCUT2D eigenvalue weighted by Crippen LogP contribution is 2.21. The van der Waals surface area contributed by atoms with Gasteiger partial charge in [-0.1, -0.05) is 44.2 Å². The Labute approximate surface area is 264 Å². The van der Waals surface area contributed by atoms with Gasteiger partial charge in [0.2, 0.25) is 23.6 Å². The summed E-state index contributed by atoms with van der Waals surface area (Å²) in [4.78, 5) is 59.3. The van der Waals surface area contributed by atoms with Crippen LogP contribution in [0.3, 0.4) is 0 Å². The minimum Gasteiger partial charge on any atom is -0.354 e. The van der Waals surface area contributed by atoms with E-state index in [1.165, 1.54) is 4.68 Å². The normalized spacial score (nSPS) is 19.2. The van der Waals surface area contributed by atoms with E-state index >= 15 is 0 Å². The molecular formula is C32H45N9O4. The first-order valence-corrected chi connectivity index (χ1v) is 15.8. The summed E-state index contributed by atoms with van der Waals surface area (Å²) in [7, 11) is 0. The maximum atomic E-state index is 13.8. The Bertz CT molecular complexity index is 1410. The molecule has 0 saturated carbocycles. The molecule has 45 heavy (non-hydrogen) atoms. The molecule has 3 heterocycles. The van der Waals surface area contributed by atoms with Crippen molar-refractivity contribution in [1.29, 1.82) is 0 Å². The van der Waals surface area contributed by atoms with Crippen LogP contribution in [-0.2, 0) is 38.7 Å². The van der Waals surface area contributed by atoms with Crippen molar-refractivity contribution in [2.24, 2.45) is 5.92 Å². The van der Waals surface area contributed by atoms with Crippen molar-refractivity contribution in [3.63, 3.8) is 0 Å². The first-order valence-electron chi connectivity index (χ1n) is 15.8. The van der Waals surface area contributed by atoms with E-state index in [-0.39, 0.29) is 42.5 Å². The molecule has 0 spiro atoms. The van der Waals surface area contributed by atoms with E-state index in [9.17, 15) is 19.2 Å². The lowest BCUT2D eigenvalue weighted by Gasteiger charge is -2.26. The van der Waals surface area contributed by atoms with Gasteiger partial charge in [-0.05, 0) is 43.7 Å². The summed E-state index contributed by atoms with van der Waals surface area (Å²) >= 11 is 0. The molecule has 4 amide bonds. The number of amides is 4. The number of nitrogens with one attached hydrogen (secondary N) is 3. The summed E-state index contributed by atoms with van der Waals surface area (Å²) in [6.45, 7) is 7.46. The standard InChI is InChI=1S/C32H45N9O4/c1-23(2)30-31-35-24(3)38-41(31)22-28(43)33-15-9-18-39(29(44)14-8-19-40-20-10-16-34-40)17-7-13-27(42)36-26(32(45)37-30)21-25-11-5-4-6-12-25/h4-6,10-12,16,20,23,26,30H,7-9,13-15,17-19,21-22H2,1-3H3,(H,33,43)(H,36,42)(H,37,45)/t26-,30+/m1/s1. The molecule has 0 aliphatic carbocycles. The molecule has 1 aromatic carbocycles. The van der Waals surface area contributed by atoms with Gasteiger partial charge in [0.05, 0.1) is 6.04 Å².